The number of fused-ring (bicyclic) bond motifs is 1. The van der Waals surface area contributed by atoms with Crippen LogP contribution in [0.25, 0.3) is 16.3 Å². The van der Waals surface area contributed by atoms with E-state index in [0.717, 1.165) is 10.9 Å². The highest BCUT2D eigenvalue weighted by Gasteiger charge is 2.42. The van der Waals surface area contributed by atoms with Crippen LogP contribution in [-0.2, 0) is 17.5 Å². The van der Waals surface area contributed by atoms with Crippen LogP contribution in [0.5, 0.6) is 5.75 Å². The molecular weight excluding hydrogens is 569 g/mol. The average Bonchev–Trinajstić information content (AvgIpc) is 3.58. The van der Waals surface area contributed by atoms with Crippen molar-refractivity contribution in [2.75, 3.05) is 18.0 Å². The molecule has 9 nitrogen and oxygen atoms in total. The number of aliphatic carboxylic acids is 1. The van der Waals surface area contributed by atoms with Crippen molar-refractivity contribution in [2.45, 2.75) is 31.2 Å². The summed E-state index contributed by atoms with van der Waals surface area (Å²) in [5.41, 5.74) is -0.654. The first-order valence-corrected chi connectivity index (χ1v) is 13.4. The molecule has 2 aromatic carbocycles. The molecule has 1 N–H and O–H groups in total. The summed E-state index contributed by atoms with van der Waals surface area (Å²) in [6.45, 7) is 0.670. The van der Waals surface area contributed by atoms with E-state index in [0.29, 0.717) is 57.8 Å². The molecule has 2 aliphatic heterocycles. The lowest BCUT2D eigenvalue weighted by atomic mass is 9.82. The van der Waals surface area contributed by atoms with E-state index in [9.17, 15) is 18.0 Å². The minimum atomic E-state index is -4.54. The molecule has 2 aliphatic rings. The Hall–Kier alpha value is -3.97. The van der Waals surface area contributed by atoms with E-state index in [4.69, 9.17) is 21.4 Å². The van der Waals surface area contributed by atoms with Crippen LogP contribution in [0.2, 0.25) is 5.02 Å². The summed E-state index contributed by atoms with van der Waals surface area (Å²) in [6, 6.07) is 10.6. The number of hydrogen-bond donors (Lipinski definition) is 1. The van der Waals surface area contributed by atoms with Crippen LogP contribution in [0, 0.1) is 0 Å². The Kier molecular flexibility index (Phi) is 6.50. The smallest absolute Gasteiger partial charge is 0.417 e. The van der Waals surface area contributed by atoms with Crippen LogP contribution in [0.15, 0.2) is 54.7 Å². The van der Waals surface area contributed by atoms with Gasteiger partial charge in [-0.3, -0.25) is 4.79 Å². The molecule has 40 heavy (non-hydrogen) atoms. The number of tetrazole rings is 1. The monoisotopic (exact) mass is 588 g/mol. The topological polar surface area (TPSA) is 106 Å². The van der Waals surface area contributed by atoms with Crippen molar-refractivity contribution >= 4 is 39.6 Å². The molecule has 14 heteroatoms. The molecule has 4 heterocycles. The van der Waals surface area contributed by atoms with Crippen molar-refractivity contribution in [3.8, 4) is 16.5 Å². The zero-order valence-corrected chi connectivity index (χ0v) is 22.2. The minimum Gasteiger partial charge on any atom is -0.482 e. The van der Waals surface area contributed by atoms with Gasteiger partial charge in [-0.05, 0) is 40.6 Å². The third-order valence-electron chi connectivity index (χ3n) is 6.81. The molecule has 1 spiro atoms. The van der Waals surface area contributed by atoms with Crippen LogP contribution < -0.4 is 9.64 Å². The van der Waals surface area contributed by atoms with Gasteiger partial charge < -0.3 is 14.7 Å². The fourth-order valence-corrected chi connectivity index (χ4v) is 6.14. The lowest BCUT2D eigenvalue weighted by molar-refractivity contribution is -0.138. The van der Waals surface area contributed by atoms with Crippen LogP contribution in [0.3, 0.4) is 0 Å². The van der Waals surface area contributed by atoms with Gasteiger partial charge in [0.25, 0.3) is 0 Å². The molecule has 0 aliphatic carbocycles. The van der Waals surface area contributed by atoms with E-state index in [2.05, 4.69) is 25.3 Å². The molecule has 0 bridgehead atoms. The zero-order valence-electron chi connectivity index (χ0n) is 20.6. The van der Waals surface area contributed by atoms with E-state index < -0.39 is 29.9 Å². The Morgan fingerprint density at radius 3 is 2.67 bits per heavy atom. The summed E-state index contributed by atoms with van der Waals surface area (Å²) in [5.74, 6) is -0.355. The van der Waals surface area contributed by atoms with Crippen molar-refractivity contribution in [3.63, 3.8) is 0 Å². The number of carboxylic acids is 1. The molecule has 4 aromatic rings. The van der Waals surface area contributed by atoms with Gasteiger partial charge in [0.15, 0.2) is 11.7 Å². The zero-order chi connectivity index (χ0) is 28.1. The highest BCUT2D eigenvalue weighted by molar-refractivity contribution is 7.18. The third-order valence-corrected chi connectivity index (χ3v) is 8.18. The maximum atomic E-state index is 14.0. The second kappa shape index (κ2) is 9.89. The van der Waals surface area contributed by atoms with Gasteiger partial charge in [-0.25, -0.2) is 4.98 Å². The first-order chi connectivity index (χ1) is 19.1. The summed E-state index contributed by atoms with van der Waals surface area (Å²) < 4.78 is 48.4. The maximum Gasteiger partial charge on any atom is 0.417 e. The summed E-state index contributed by atoms with van der Waals surface area (Å²) in [6.07, 6.45) is -0.143. The third kappa shape index (κ3) is 4.90. The molecule has 0 atom stereocenters. The second-order valence-electron chi connectivity index (χ2n) is 9.41. The molecule has 0 radical (unpaired) electrons. The van der Waals surface area contributed by atoms with E-state index in [1.807, 2.05) is 0 Å². The average molecular weight is 589 g/mol. The Balaban J connectivity index is 1.28. The molecule has 6 rings (SSSR count). The van der Waals surface area contributed by atoms with Gasteiger partial charge in [0.05, 0.1) is 21.7 Å². The van der Waals surface area contributed by atoms with Crippen molar-refractivity contribution in [1.29, 1.82) is 0 Å². The van der Waals surface area contributed by atoms with Crippen LogP contribution in [0.4, 0.5) is 18.3 Å². The fraction of sp³-hybridized carbons (Fsp3) is 0.269. The molecule has 206 valence electrons. The lowest BCUT2D eigenvalue weighted by Crippen LogP contribution is -2.48. The maximum absolute atomic E-state index is 14.0. The molecule has 0 saturated carbocycles. The van der Waals surface area contributed by atoms with E-state index in [1.165, 1.54) is 23.5 Å². The standard InChI is InChI=1S/C26H20ClF3N6O3S/c27-18-6-3-7-19-22(18)16(15-4-1-2-5-17(15)26(28,29)30)12-25(39-19)8-10-35(11-9-25)24-31-13-20(40-24)23-32-34-36(33-23)14-21(37)38/h1-7,12-13H,8-11,14H2,(H,37,38). The number of thiazole rings is 1. The normalized spacial score (nSPS) is 16.4. The van der Waals surface area contributed by atoms with Crippen LogP contribution in [-0.4, -0.2) is 55.0 Å². The Morgan fingerprint density at radius 1 is 1.15 bits per heavy atom. The Labute approximate surface area is 234 Å². The predicted octanol–water partition coefficient (Wildman–Crippen LogP) is 5.42. The second-order valence-corrected chi connectivity index (χ2v) is 10.8. The summed E-state index contributed by atoms with van der Waals surface area (Å²) in [5, 5.41) is 21.7. The van der Waals surface area contributed by atoms with Crippen molar-refractivity contribution in [3.05, 3.63) is 76.5 Å². The first kappa shape index (κ1) is 26.3. The lowest BCUT2D eigenvalue weighted by Gasteiger charge is -2.43. The number of aromatic nitrogens is 5. The fourth-order valence-electron chi connectivity index (χ4n) is 4.98. The summed E-state index contributed by atoms with van der Waals surface area (Å²) >= 11 is 7.84. The SMILES string of the molecule is O=C(O)Cn1nnc(-c2cnc(N3CCC4(C=C(c5ccccc5C(F)(F)F)c5c(Cl)cccc5O4)CC3)s2)n1. The van der Waals surface area contributed by atoms with E-state index >= 15 is 0 Å². The number of nitrogens with zero attached hydrogens (tertiary/aromatic N) is 6. The molecule has 1 fully saturated rings. The number of rotatable bonds is 5. The van der Waals surface area contributed by atoms with E-state index in [-0.39, 0.29) is 11.4 Å². The number of hydrogen-bond acceptors (Lipinski definition) is 8. The van der Waals surface area contributed by atoms with Gasteiger partial charge in [-0.1, -0.05) is 47.2 Å². The van der Waals surface area contributed by atoms with Crippen molar-refractivity contribution in [1.82, 2.24) is 25.2 Å². The number of ether oxygens (including phenoxy) is 1. The molecule has 2 aromatic heterocycles. The number of halogens is 4. The van der Waals surface area contributed by atoms with Crippen LogP contribution >= 0.6 is 22.9 Å². The number of alkyl halides is 3. The summed E-state index contributed by atoms with van der Waals surface area (Å²) in [4.78, 5) is 19.1. The van der Waals surface area contributed by atoms with Gasteiger partial charge in [-0.2, -0.15) is 18.0 Å². The minimum absolute atomic E-state index is 0.0578. The Bertz CT molecular complexity index is 1630. The molecule has 0 amide bonds. The quantitative estimate of drug-likeness (QED) is 0.330. The molecular formula is C26H20ClF3N6O3S. The van der Waals surface area contributed by atoms with Gasteiger partial charge in [0.2, 0.25) is 5.82 Å². The van der Waals surface area contributed by atoms with E-state index in [1.54, 1.807) is 36.5 Å². The number of carboxylic acid groups (broad SMARTS) is 1. The van der Waals surface area contributed by atoms with Crippen LogP contribution in [0.1, 0.15) is 29.5 Å². The first-order valence-electron chi connectivity index (χ1n) is 12.2. The number of carbonyl (C=O) groups is 1. The molecule has 1 saturated heterocycles. The predicted molar refractivity (Wildman–Crippen MR) is 141 cm³/mol. The summed E-state index contributed by atoms with van der Waals surface area (Å²) in [7, 11) is 0. The number of piperidine rings is 1. The van der Waals surface area contributed by atoms with Gasteiger partial charge in [-0.15, -0.1) is 10.2 Å². The highest BCUT2D eigenvalue weighted by atomic mass is 35.5. The highest BCUT2D eigenvalue weighted by Crippen LogP contribution is 2.48. The number of anilines is 1. The largest absolute Gasteiger partial charge is 0.482 e. The number of benzene rings is 2. The van der Waals surface area contributed by atoms with Gasteiger partial charge >= 0.3 is 12.1 Å². The van der Waals surface area contributed by atoms with Crippen molar-refractivity contribution in [2.24, 2.45) is 0 Å². The van der Waals surface area contributed by atoms with Gasteiger partial charge in [0, 0.05) is 31.5 Å². The van der Waals surface area contributed by atoms with Crippen molar-refractivity contribution < 1.29 is 27.8 Å². The van der Waals surface area contributed by atoms with Gasteiger partial charge in [0.1, 0.15) is 11.4 Å². The molecule has 0 unspecified atom stereocenters. The Morgan fingerprint density at radius 2 is 1.93 bits per heavy atom.